The van der Waals surface area contributed by atoms with Crippen molar-refractivity contribution >= 4 is 11.3 Å². The number of rotatable bonds is 4. The monoisotopic (exact) mass is 255 g/mol. The van der Waals surface area contributed by atoms with E-state index in [1.165, 1.54) is 23.5 Å². The maximum Gasteiger partial charge on any atom is 0.150 e. The molecule has 0 amide bonds. The molecule has 1 heterocycles. The van der Waals surface area contributed by atoms with E-state index in [9.17, 15) is 8.78 Å². The van der Waals surface area contributed by atoms with Gasteiger partial charge in [0.25, 0.3) is 0 Å². The van der Waals surface area contributed by atoms with E-state index in [1.54, 1.807) is 0 Å². The van der Waals surface area contributed by atoms with E-state index in [2.05, 4.69) is 15.5 Å². The third-order valence-electron chi connectivity index (χ3n) is 2.15. The number of halogens is 2. The van der Waals surface area contributed by atoms with E-state index in [0.29, 0.717) is 11.6 Å². The molecule has 1 N–H and O–H groups in total. The molecule has 0 atom stereocenters. The molecule has 0 aliphatic carbocycles. The first-order chi connectivity index (χ1) is 8.20. The van der Waals surface area contributed by atoms with Crippen molar-refractivity contribution in [2.24, 2.45) is 0 Å². The average Bonchev–Trinajstić information content (AvgIpc) is 2.75. The summed E-state index contributed by atoms with van der Waals surface area (Å²) < 4.78 is 26.2. The van der Waals surface area contributed by atoms with Crippen LogP contribution in [0.5, 0.6) is 0 Å². The van der Waals surface area contributed by atoms with Crippen LogP contribution in [0.25, 0.3) is 10.6 Å². The molecule has 0 saturated carbocycles. The molecular weight excluding hydrogens is 244 g/mol. The third kappa shape index (κ3) is 2.83. The minimum Gasteiger partial charge on any atom is -0.311 e. The fourth-order valence-electron chi connectivity index (χ4n) is 1.33. The number of nitrogens with one attached hydrogen (secondary N) is 1. The first-order valence-corrected chi connectivity index (χ1v) is 6.01. The van der Waals surface area contributed by atoms with Crippen molar-refractivity contribution < 1.29 is 8.78 Å². The van der Waals surface area contributed by atoms with Gasteiger partial charge < -0.3 is 5.32 Å². The highest BCUT2D eigenvalue weighted by molar-refractivity contribution is 7.14. The van der Waals surface area contributed by atoms with E-state index in [4.69, 9.17) is 0 Å². The number of benzene rings is 1. The summed E-state index contributed by atoms with van der Waals surface area (Å²) in [4.78, 5) is 0. The van der Waals surface area contributed by atoms with E-state index in [-0.39, 0.29) is 5.56 Å². The molecule has 1 aromatic heterocycles. The Labute approximate surface area is 102 Å². The first kappa shape index (κ1) is 12.1. The summed E-state index contributed by atoms with van der Waals surface area (Å²) in [5.41, 5.74) is 0.284. The van der Waals surface area contributed by atoms with Crippen LogP contribution in [0.15, 0.2) is 18.2 Å². The van der Waals surface area contributed by atoms with Crippen LogP contribution in [-0.2, 0) is 6.54 Å². The third-order valence-corrected chi connectivity index (χ3v) is 3.11. The van der Waals surface area contributed by atoms with Crippen LogP contribution in [0.2, 0.25) is 0 Å². The molecule has 6 heteroatoms. The van der Waals surface area contributed by atoms with Crippen molar-refractivity contribution in [1.82, 2.24) is 15.5 Å². The molecule has 0 saturated heterocycles. The summed E-state index contributed by atoms with van der Waals surface area (Å²) in [5, 5.41) is 12.2. The SMILES string of the molecule is CCNCc1nnc(-c2ccc(F)cc2F)s1. The molecule has 0 spiro atoms. The highest BCUT2D eigenvalue weighted by Crippen LogP contribution is 2.26. The second kappa shape index (κ2) is 5.29. The van der Waals surface area contributed by atoms with Gasteiger partial charge in [0.05, 0.1) is 0 Å². The predicted octanol–water partition coefficient (Wildman–Crippen LogP) is 2.59. The summed E-state index contributed by atoms with van der Waals surface area (Å²) in [5.74, 6) is -1.21. The second-order valence-electron chi connectivity index (χ2n) is 3.41. The number of hydrogen-bond donors (Lipinski definition) is 1. The van der Waals surface area contributed by atoms with E-state index < -0.39 is 11.6 Å². The van der Waals surface area contributed by atoms with Crippen molar-refractivity contribution in [3.05, 3.63) is 34.8 Å². The van der Waals surface area contributed by atoms with Gasteiger partial charge in [-0.2, -0.15) is 0 Å². The normalized spacial score (nSPS) is 10.8. The van der Waals surface area contributed by atoms with Crippen LogP contribution in [0.4, 0.5) is 8.78 Å². The first-order valence-electron chi connectivity index (χ1n) is 5.19. The molecular formula is C11H11F2N3S. The maximum absolute atomic E-state index is 13.5. The second-order valence-corrected chi connectivity index (χ2v) is 4.47. The maximum atomic E-state index is 13.5. The van der Waals surface area contributed by atoms with Crippen LogP contribution >= 0.6 is 11.3 Å². The Hall–Kier alpha value is -1.40. The van der Waals surface area contributed by atoms with Crippen LogP contribution in [0, 0.1) is 11.6 Å². The quantitative estimate of drug-likeness (QED) is 0.912. The zero-order chi connectivity index (χ0) is 12.3. The Bertz CT molecular complexity index is 513. The van der Waals surface area contributed by atoms with Crippen LogP contribution < -0.4 is 5.32 Å². The van der Waals surface area contributed by atoms with Gasteiger partial charge in [-0.3, -0.25) is 0 Å². The van der Waals surface area contributed by atoms with Gasteiger partial charge in [-0.05, 0) is 18.7 Å². The van der Waals surface area contributed by atoms with Gasteiger partial charge in [0.15, 0.2) is 5.01 Å². The van der Waals surface area contributed by atoms with Gasteiger partial charge in [0.1, 0.15) is 16.6 Å². The minimum atomic E-state index is -0.615. The van der Waals surface area contributed by atoms with Crippen molar-refractivity contribution in [1.29, 1.82) is 0 Å². The lowest BCUT2D eigenvalue weighted by Crippen LogP contribution is -2.11. The molecule has 2 aromatic rings. The number of nitrogens with zero attached hydrogens (tertiary/aromatic N) is 2. The van der Waals surface area contributed by atoms with Crippen molar-refractivity contribution in [2.45, 2.75) is 13.5 Å². The number of hydrogen-bond acceptors (Lipinski definition) is 4. The van der Waals surface area contributed by atoms with E-state index in [1.807, 2.05) is 6.92 Å². The number of aromatic nitrogens is 2. The lowest BCUT2D eigenvalue weighted by molar-refractivity contribution is 0.585. The molecule has 0 aliphatic heterocycles. The van der Waals surface area contributed by atoms with Gasteiger partial charge >= 0.3 is 0 Å². The zero-order valence-corrected chi connectivity index (χ0v) is 10.0. The topological polar surface area (TPSA) is 37.8 Å². The summed E-state index contributed by atoms with van der Waals surface area (Å²) in [6, 6.07) is 3.44. The van der Waals surface area contributed by atoms with E-state index in [0.717, 1.165) is 17.6 Å². The standard InChI is InChI=1S/C11H11F2N3S/c1-2-14-6-10-15-16-11(17-10)8-4-3-7(12)5-9(8)13/h3-5,14H,2,6H2,1H3. The Morgan fingerprint density at radius 2 is 2.12 bits per heavy atom. The Kier molecular flexibility index (Phi) is 3.75. The molecule has 0 unspecified atom stereocenters. The molecule has 0 radical (unpaired) electrons. The van der Waals surface area contributed by atoms with Gasteiger partial charge in [-0.15, -0.1) is 10.2 Å². The smallest absolute Gasteiger partial charge is 0.150 e. The fourth-order valence-corrected chi connectivity index (χ4v) is 2.16. The fraction of sp³-hybridized carbons (Fsp3) is 0.273. The summed E-state index contributed by atoms with van der Waals surface area (Å²) in [6.07, 6.45) is 0. The molecule has 90 valence electrons. The Morgan fingerprint density at radius 1 is 1.29 bits per heavy atom. The molecule has 2 rings (SSSR count). The van der Waals surface area contributed by atoms with Crippen molar-refractivity contribution in [3.8, 4) is 10.6 Å². The van der Waals surface area contributed by atoms with Crippen LogP contribution in [0.1, 0.15) is 11.9 Å². The lowest BCUT2D eigenvalue weighted by Gasteiger charge is -1.97. The van der Waals surface area contributed by atoms with Gasteiger partial charge in [0.2, 0.25) is 0 Å². The molecule has 0 bridgehead atoms. The van der Waals surface area contributed by atoms with Gasteiger partial charge in [0, 0.05) is 18.2 Å². The Balaban J connectivity index is 2.24. The van der Waals surface area contributed by atoms with Gasteiger partial charge in [-0.1, -0.05) is 18.3 Å². The highest BCUT2D eigenvalue weighted by atomic mass is 32.1. The lowest BCUT2D eigenvalue weighted by atomic mass is 10.2. The van der Waals surface area contributed by atoms with Crippen LogP contribution in [0.3, 0.4) is 0 Å². The summed E-state index contributed by atoms with van der Waals surface area (Å²) in [7, 11) is 0. The van der Waals surface area contributed by atoms with E-state index >= 15 is 0 Å². The average molecular weight is 255 g/mol. The van der Waals surface area contributed by atoms with Crippen LogP contribution in [-0.4, -0.2) is 16.7 Å². The zero-order valence-electron chi connectivity index (χ0n) is 9.20. The summed E-state index contributed by atoms with van der Waals surface area (Å²) >= 11 is 1.30. The molecule has 0 fully saturated rings. The van der Waals surface area contributed by atoms with Crippen molar-refractivity contribution in [3.63, 3.8) is 0 Å². The van der Waals surface area contributed by atoms with Gasteiger partial charge in [-0.25, -0.2) is 8.78 Å². The van der Waals surface area contributed by atoms with Crippen molar-refractivity contribution in [2.75, 3.05) is 6.54 Å². The predicted molar refractivity (Wildman–Crippen MR) is 62.6 cm³/mol. The molecule has 17 heavy (non-hydrogen) atoms. The molecule has 0 aliphatic rings. The minimum absolute atomic E-state index is 0.284. The molecule has 3 nitrogen and oxygen atoms in total. The Morgan fingerprint density at radius 3 is 2.82 bits per heavy atom. The molecule has 1 aromatic carbocycles. The summed E-state index contributed by atoms with van der Waals surface area (Å²) in [6.45, 7) is 3.43. The highest BCUT2D eigenvalue weighted by Gasteiger charge is 2.11. The largest absolute Gasteiger partial charge is 0.311 e.